The molecule has 3 heteroatoms. The Labute approximate surface area is 148 Å². The van der Waals surface area contributed by atoms with Gasteiger partial charge >= 0.3 is 0 Å². The van der Waals surface area contributed by atoms with Crippen LogP contribution in [0.2, 0.25) is 0 Å². The van der Waals surface area contributed by atoms with E-state index in [1.54, 1.807) is 0 Å². The van der Waals surface area contributed by atoms with Crippen molar-refractivity contribution in [2.45, 2.75) is 18.2 Å². The van der Waals surface area contributed by atoms with Gasteiger partial charge in [0.1, 0.15) is 0 Å². The Hall–Kier alpha value is -2.46. The first-order valence-corrected chi connectivity index (χ1v) is 8.49. The molecule has 0 fully saturated rings. The molecule has 0 bridgehead atoms. The van der Waals surface area contributed by atoms with Crippen molar-refractivity contribution >= 4 is 0 Å². The molecule has 0 aliphatic rings. The molecule has 25 heavy (non-hydrogen) atoms. The lowest BCUT2D eigenvalue weighted by atomic mass is 9.94. The van der Waals surface area contributed by atoms with Crippen LogP contribution < -0.4 is 5.32 Å². The van der Waals surface area contributed by atoms with Crippen LogP contribution in [0.15, 0.2) is 91.0 Å². The summed E-state index contributed by atoms with van der Waals surface area (Å²) in [6.45, 7) is -0.303. The third kappa shape index (κ3) is 4.34. The highest BCUT2D eigenvalue weighted by Gasteiger charge is 2.25. The maximum atomic E-state index is 10.4. The first-order chi connectivity index (χ1) is 12.3. The quantitative estimate of drug-likeness (QED) is 0.621. The summed E-state index contributed by atoms with van der Waals surface area (Å²) in [7, 11) is 0. The molecule has 0 aromatic heterocycles. The summed E-state index contributed by atoms with van der Waals surface area (Å²) >= 11 is 0. The summed E-state index contributed by atoms with van der Waals surface area (Å²) < 4.78 is 0. The van der Waals surface area contributed by atoms with Gasteiger partial charge in [0.05, 0.1) is 24.8 Å². The minimum atomic E-state index is -0.891. The molecule has 3 aromatic rings. The van der Waals surface area contributed by atoms with Gasteiger partial charge in [-0.05, 0) is 16.7 Å². The van der Waals surface area contributed by atoms with E-state index in [1.807, 2.05) is 66.7 Å². The fourth-order valence-corrected chi connectivity index (χ4v) is 3.05. The topological polar surface area (TPSA) is 52.5 Å². The lowest BCUT2D eigenvalue weighted by Crippen LogP contribution is -2.37. The number of aliphatic hydroxyl groups is 2. The highest BCUT2D eigenvalue weighted by molar-refractivity contribution is 5.33. The maximum Gasteiger partial charge on any atom is 0.0965 e. The predicted molar refractivity (Wildman–Crippen MR) is 100 cm³/mol. The minimum Gasteiger partial charge on any atom is -0.394 e. The zero-order valence-corrected chi connectivity index (χ0v) is 14.0. The predicted octanol–water partition coefficient (Wildman–Crippen LogP) is 3.46. The average molecular weight is 333 g/mol. The molecular weight excluding hydrogens is 310 g/mol. The SMILES string of the molecule is OC[C@@H](O)[C@@H](NC(c1ccccc1)c1ccccc1)c1ccccc1. The molecule has 0 heterocycles. The second-order valence-electron chi connectivity index (χ2n) is 6.06. The maximum absolute atomic E-state index is 10.4. The van der Waals surface area contributed by atoms with Crippen LogP contribution in [0, 0.1) is 0 Å². The van der Waals surface area contributed by atoms with Gasteiger partial charge in [-0.25, -0.2) is 0 Å². The highest BCUT2D eigenvalue weighted by Crippen LogP contribution is 2.27. The van der Waals surface area contributed by atoms with E-state index in [-0.39, 0.29) is 18.7 Å². The molecule has 3 N–H and O–H groups in total. The van der Waals surface area contributed by atoms with Gasteiger partial charge < -0.3 is 10.2 Å². The molecule has 0 saturated carbocycles. The van der Waals surface area contributed by atoms with Crippen molar-refractivity contribution in [3.8, 4) is 0 Å². The summed E-state index contributed by atoms with van der Waals surface area (Å²) in [4.78, 5) is 0. The molecule has 3 aromatic carbocycles. The second kappa shape index (κ2) is 8.58. The Morgan fingerprint density at radius 1 is 0.640 bits per heavy atom. The largest absolute Gasteiger partial charge is 0.394 e. The monoisotopic (exact) mass is 333 g/mol. The van der Waals surface area contributed by atoms with E-state index in [4.69, 9.17) is 0 Å². The molecule has 0 aliphatic carbocycles. The number of rotatable bonds is 7. The van der Waals surface area contributed by atoms with Crippen LogP contribution in [0.4, 0.5) is 0 Å². The van der Waals surface area contributed by atoms with Gasteiger partial charge in [-0.2, -0.15) is 0 Å². The van der Waals surface area contributed by atoms with Crippen molar-refractivity contribution < 1.29 is 10.2 Å². The van der Waals surface area contributed by atoms with Crippen LogP contribution >= 0.6 is 0 Å². The van der Waals surface area contributed by atoms with Crippen LogP contribution in [-0.2, 0) is 0 Å². The fourth-order valence-electron chi connectivity index (χ4n) is 3.05. The standard InChI is InChI=1S/C22H23NO2/c24-16-20(25)22(19-14-8-3-9-15-19)23-21(17-10-4-1-5-11-17)18-12-6-2-7-13-18/h1-15,20-25H,16H2/t20-,22+/m1/s1. The summed E-state index contributed by atoms with van der Waals surface area (Å²) in [5, 5.41) is 23.5. The van der Waals surface area contributed by atoms with Gasteiger partial charge in [0, 0.05) is 0 Å². The first-order valence-electron chi connectivity index (χ1n) is 8.49. The van der Waals surface area contributed by atoms with Crippen molar-refractivity contribution in [1.29, 1.82) is 0 Å². The lowest BCUT2D eigenvalue weighted by molar-refractivity contribution is 0.0598. The van der Waals surface area contributed by atoms with Gasteiger partial charge in [-0.1, -0.05) is 91.0 Å². The zero-order valence-electron chi connectivity index (χ0n) is 14.0. The van der Waals surface area contributed by atoms with Crippen molar-refractivity contribution in [3.05, 3.63) is 108 Å². The molecule has 2 atom stereocenters. The van der Waals surface area contributed by atoms with Crippen LogP contribution in [0.5, 0.6) is 0 Å². The lowest BCUT2D eigenvalue weighted by Gasteiger charge is -2.29. The normalized spacial score (nSPS) is 13.6. The molecule has 0 aliphatic heterocycles. The molecule has 0 saturated heterocycles. The molecule has 3 rings (SSSR count). The first kappa shape index (κ1) is 17.4. The van der Waals surface area contributed by atoms with Crippen LogP contribution in [-0.4, -0.2) is 22.9 Å². The Balaban J connectivity index is 1.97. The third-order valence-corrected chi connectivity index (χ3v) is 4.34. The van der Waals surface area contributed by atoms with E-state index in [1.165, 1.54) is 0 Å². The van der Waals surface area contributed by atoms with Gasteiger partial charge in [-0.15, -0.1) is 0 Å². The van der Waals surface area contributed by atoms with E-state index < -0.39 is 6.10 Å². The fraction of sp³-hybridized carbons (Fsp3) is 0.182. The Bertz CT molecular complexity index is 707. The van der Waals surface area contributed by atoms with E-state index in [9.17, 15) is 10.2 Å². The van der Waals surface area contributed by atoms with Crippen molar-refractivity contribution in [2.24, 2.45) is 0 Å². The van der Waals surface area contributed by atoms with E-state index >= 15 is 0 Å². The molecule has 0 amide bonds. The smallest absolute Gasteiger partial charge is 0.0965 e. The number of hydrogen-bond acceptors (Lipinski definition) is 3. The van der Waals surface area contributed by atoms with E-state index in [2.05, 4.69) is 29.6 Å². The van der Waals surface area contributed by atoms with Gasteiger partial charge in [0.25, 0.3) is 0 Å². The second-order valence-corrected chi connectivity index (χ2v) is 6.06. The summed E-state index contributed by atoms with van der Waals surface area (Å²) in [6.07, 6.45) is -0.891. The molecule has 128 valence electrons. The van der Waals surface area contributed by atoms with Gasteiger partial charge in [-0.3, -0.25) is 5.32 Å². The average Bonchev–Trinajstić information content (AvgIpc) is 2.70. The minimum absolute atomic E-state index is 0.0891. The Morgan fingerprint density at radius 2 is 1.04 bits per heavy atom. The van der Waals surface area contributed by atoms with Crippen LogP contribution in [0.1, 0.15) is 28.8 Å². The van der Waals surface area contributed by atoms with Gasteiger partial charge in [0.2, 0.25) is 0 Å². The van der Waals surface area contributed by atoms with Crippen LogP contribution in [0.25, 0.3) is 0 Å². The highest BCUT2D eigenvalue weighted by atomic mass is 16.3. The van der Waals surface area contributed by atoms with E-state index in [0.717, 1.165) is 16.7 Å². The van der Waals surface area contributed by atoms with E-state index in [0.29, 0.717) is 0 Å². The van der Waals surface area contributed by atoms with Crippen molar-refractivity contribution in [2.75, 3.05) is 6.61 Å². The van der Waals surface area contributed by atoms with Crippen molar-refractivity contribution in [1.82, 2.24) is 5.32 Å². The Morgan fingerprint density at radius 3 is 1.44 bits per heavy atom. The zero-order chi connectivity index (χ0) is 17.5. The molecule has 3 nitrogen and oxygen atoms in total. The third-order valence-electron chi connectivity index (χ3n) is 4.34. The molecule has 0 unspecified atom stereocenters. The number of benzene rings is 3. The summed E-state index contributed by atoms with van der Waals surface area (Å²) in [6, 6.07) is 29.6. The molecular formula is C22H23NO2. The number of nitrogens with one attached hydrogen (secondary N) is 1. The van der Waals surface area contributed by atoms with Gasteiger partial charge in [0.15, 0.2) is 0 Å². The number of hydrogen-bond donors (Lipinski definition) is 3. The molecule has 0 radical (unpaired) electrons. The summed E-state index contributed by atoms with van der Waals surface area (Å²) in [5.41, 5.74) is 3.17. The number of aliphatic hydroxyl groups excluding tert-OH is 2. The van der Waals surface area contributed by atoms with Crippen molar-refractivity contribution in [3.63, 3.8) is 0 Å². The summed E-state index contributed by atoms with van der Waals surface area (Å²) in [5.74, 6) is 0. The molecule has 0 spiro atoms. The Kier molecular flexibility index (Phi) is 5.96. The van der Waals surface area contributed by atoms with Crippen LogP contribution in [0.3, 0.4) is 0 Å².